The van der Waals surface area contributed by atoms with Crippen LogP contribution in [0.3, 0.4) is 0 Å². The molecule has 1 aromatic heterocycles. The molecule has 0 spiro atoms. The molecular weight excluding hydrogens is 326 g/mol. The van der Waals surface area contributed by atoms with Gasteiger partial charge in [0.1, 0.15) is 5.75 Å². The van der Waals surface area contributed by atoms with Crippen molar-refractivity contribution >= 4 is 5.97 Å². The van der Waals surface area contributed by atoms with E-state index in [1.54, 1.807) is 6.07 Å². The van der Waals surface area contributed by atoms with Crippen LogP contribution in [0.5, 0.6) is 11.5 Å². The number of nitrogens with zero attached hydrogens (tertiary/aromatic N) is 1. The fourth-order valence-electron chi connectivity index (χ4n) is 3.03. The highest BCUT2D eigenvalue weighted by molar-refractivity contribution is 5.90. The van der Waals surface area contributed by atoms with Crippen LogP contribution in [-0.4, -0.2) is 15.6 Å². The Bertz CT molecular complexity index is 934. The Morgan fingerprint density at radius 1 is 1.00 bits per heavy atom. The van der Waals surface area contributed by atoms with Crippen LogP contribution < -0.4 is 4.74 Å². The summed E-state index contributed by atoms with van der Waals surface area (Å²) in [6, 6.07) is 19.0. The van der Waals surface area contributed by atoms with Gasteiger partial charge in [0.05, 0.1) is 11.3 Å². The molecule has 0 aliphatic rings. The summed E-state index contributed by atoms with van der Waals surface area (Å²) in [4.78, 5) is 11.7. The summed E-state index contributed by atoms with van der Waals surface area (Å²) in [5.41, 5.74) is 2.52. The third kappa shape index (κ3) is 3.36. The molecule has 0 aliphatic heterocycles. The molecule has 0 bridgehead atoms. The summed E-state index contributed by atoms with van der Waals surface area (Å²) >= 11 is 0. The number of carboxylic acid groups (broad SMARTS) is 1. The maximum atomic E-state index is 11.7. The highest BCUT2D eigenvalue weighted by Gasteiger charge is 2.26. The third-order valence-corrected chi connectivity index (χ3v) is 4.32. The van der Waals surface area contributed by atoms with Crippen LogP contribution in [0.15, 0.2) is 60.7 Å². The van der Waals surface area contributed by atoms with Crippen molar-refractivity contribution in [3.05, 3.63) is 77.6 Å². The standard InChI is InChI=1S/C22H23NO3/c1-15-17(21(24)25)14-20(22(2,3)4)23(15)18-12-8-9-13-19(18)26-16-10-6-5-7-11-16/h5-14H,1-4H3,(H,24,25). The lowest BCUT2D eigenvalue weighted by Crippen LogP contribution is -2.17. The molecular formula is C22H23NO3. The average molecular weight is 349 g/mol. The zero-order valence-corrected chi connectivity index (χ0v) is 15.5. The largest absolute Gasteiger partial charge is 0.478 e. The molecule has 1 N–H and O–H groups in total. The zero-order chi connectivity index (χ0) is 18.9. The fourth-order valence-corrected chi connectivity index (χ4v) is 3.03. The van der Waals surface area contributed by atoms with Crippen molar-refractivity contribution < 1.29 is 14.6 Å². The van der Waals surface area contributed by atoms with Crippen LogP contribution in [0.1, 0.15) is 42.5 Å². The molecule has 3 aromatic rings. The molecule has 0 fully saturated rings. The van der Waals surface area contributed by atoms with Gasteiger partial charge in [0, 0.05) is 16.8 Å². The number of aromatic carboxylic acids is 1. The molecule has 4 nitrogen and oxygen atoms in total. The molecule has 134 valence electrons. The van der Waals surface area contributed by atoms with Gasteiger partial charge in [-0.1, -0.05) is 51.1 Å². The normalized spacial score (nSPS) is 11.4. The second kappa shape index (κ2) is 6.71. The van der Waals surface area contributed by atoms with E-state index in [9.17, 15) is 9.90 Å². The molecule has 0 atom stereocenters. The lowest BCUT2D eigenvalue weighted by molar-refractivity contribution is 0.0696. The second-order valence-electron chi connectivity index (χ2n) is 7.30. The molecule has 0 unspecified atom stereocenters. The van der Waals surface area contributed by atoms with Gasteiger partial charge in [-0.15, -0.1) is 0 Å². The predicted molar refractivity (Wildman–Crippen MR) is 103 cm³/mol. The van der Waals surface area contributed by atoms with Crippen molar-refractivity contribution in [2.45, 2.75) is 33.1 Å². The quantitative estimate of drug-likeness (QED) is 0.669. The second-order valence-corrected chi connectivity index (χ2v) is 7.30. The SMILES string of the molecule is Cc1c(C(=O)O)cc(C(C)(C)C)n1-c1ccccc1Oc1ccccc1. The van der Waals surface area contributed by atoms with Crippen molar-refractivity contribution in [3.63, 3.8) is 0 Å². The van der Waals surface area contributed by atoms with Crippen LogP contribution in [0.2, 0.25) is 0 Å². The highest BCUT2D eigenvalue weighted by atomic mass is 16.5. The van der Waals surface area contributed by atoms with E-state index in [1.165, 1.54) is 0 Å². The molecule has 0 saturated carbocycles. The molecule has 2 aromatic carbocycles. The van der Waals surface area contributed by atoms with Gasteiger partial charge in [0.2, 0.25) is 0 Å². The Hall–Kier alpha value is -3.01. The number of benzene rings is 2. The number of rotatable bonds is 4. The van der Waals surface area contributed by atoms with Crippen LogP contribution >= 0.6 is 0 Å². The maximum absolute atomic E-state index is 11.7. The number of aromatic nitrogens is 1. The number of carboxylic acids is 1. The van der Waals surface area contributed by atoms with Gasteiger partial charge < -0.3 is 14.4 Å². The molecule has 0 amide bonds. The van der Waals surface area contributed by atoms with Crippen molar-refractivity contribution in [3.8, 4) is 17.2 Å². The van der Waals surface area contributed by atoms with Crippen LogP contribution in [0, 0.1) is 6.92 Å². The number of hydrogen-bond acceptors (Lipinski definition) is 2. The third-order valence-electron chi connectivity index (χ3n) is 4.32. The minimum Gasteiger partial charge on any atom is -0.478 e. The first-order chi connectivity index (χ1) is 12.3. The first-order valence-corrected chi connectivity index (χ1v) is 8.57. The Balaban J connectivity index is 2.20. The topological polar surface area (TPSA) is 51.5 Å². The van der Waals surface area contributed by atoms with Crippen molar-refractivity contribution in [2.75, 3.05) is 0 Å². The zero-order valence-electron chi connectivity index (χ0n) is 15.5. The summed E-state index contributed by atoms with van der Waals surface area (Å²) in [7, 11) is 0. The van der Waals surface area contributed by atoms with Crippen molar-refractivity contribution in [1.29, 1.82) is 0 Å². The molecule has 0 aliphatic carbocycles. The van der Waals surface area contributed by atoms with Gasteiger partial charge in [-0.2, -0.15) is 0 Å². The van der Waals surface area contributed by atoms with Crippen molar-refractivity contribution in [2.24, 2.45) is 0 Å². The van der Waals surface area contributed by atoms with Crippen LogP contribution in [0.25, 0.3) is 5.69 Å². The van der Waals surface area contributed by atoms with Gasteiger partial charge in [0.15, 0.2) is 5.75 Å². The molecule has 1 heterocycles. The summed E-state index contributed by atoms with van der Waals surface area (Å²) in [6.07, 6.45) is 0. The lowest BCUT2D eigenvalue weighted by atomic mass is 9.91. The van der Waals surface area contributed by atoms with E-state index in [0.29, 0.717) is 17.0 Å². The summed E-state index contributed by atoms with van der Waals surface area (Å²) in [5, 5.41) is 9.58. The van der Waals surface area contributed by atoms with E-state index in [0.717, 1.165) is 17.1 Å². The smallest absolute Gasteiger partial charge is 0.337 e. The maximum Gasteiger partial charge on any atom is 0.337 e. The molecule has 0 saturated heterocycles. The summed E-state index contributed by atoms with van der Waals surface area (Å²) in [6.45, 7) is 8.05. The van der Waals surface area contributed by atoms with E-state index >= 15 is 0 Å². The lowest BCUT2D eigenvalue weighted by Gasteiger charge is -2.24. The van der Waals surface area contributed by atoms with E-state index in [2.05, 4.69) is 20.8 Å². The van der Waals surface area contributed by atoms with Gasteiger partial charge in [-0.05, 0) is 37.3 Å². The van der Waals surface area contributed by atoms with Gasteiger partial charge >= 0.3 is 5.97 Å². The summed E-state index contributed by atoms with van der Waals surface area (Å²) in [5.74, 6) is 0.494. The number of carbonyl (C=O) groups is 1. The van der Waals surface area contributed by atoms with E-state index in [4.69, 9.17) is 4.74 Å². The molecule has 26 heavy (non-hydrogen) atoms. The Morgan fingerprint density at radius 2 is 1.62 bits per heavy atom. The number of para-hydroxylation sites is 3. The van der Waals surface area contributed by atoms with Crippen molar-refractivity contribution in [1.82, 2.24) is 4.57 Å². The number of hydrogen-bond donors (Lipinski definition) is 1. The van der Waals surface area contributed by atoms with Gasteiger partial charge in [-0.25, -0.2) is 4.79 Å². The Morgan fingerprint density at radius 3 is 2.23 bits per heavy atom. The van der Waals surface area contributed by atoms with E-state index in [1.807, 2.05) is 66.1 Å². The van der Waals surface area contributed by atoms with E-state index in [-0.39, 0.29) is 5.41 Å². The monoisotopic (exact) mass is 349 g/mol. The Labute approximate surface area is 153 Å². The van der Waals surface area contributed by atoms with Crippen LogP contribution in [0.4, 0.5) is 0 Å². The molecule has 4 heteroatoms. The fraction of sp³-hybridized carbons (Fsp3) is 0.227. The summed E-state index contributed by atoms with van der Waals surface area (Å²) < 4.78 is 8.08. The van der Waals surface area contributed by atoms with Gasteiger partial charge in [-0.3, -0.25) is 0 Å². The Kier molecular flexibility index (Phi) is 4.60. The molecule has 3 rings (SSSR count). The minimum atomic E-state index is -0.923. The highest BCUT2D eigenvalue weighted by Crippen LogP contribution is 2.35. The van der Waals surface area contributed by atoms with Crippen LogP contribution in [-0.2, 0) is 5.41 Å². The molecule has 0 radical (unpaired) electrons. The predicted octanol–water partition coefficient (Wildman–Crippen LogP) is 5.57. The van der Waals surface area contributed by atoms with E-state index < -0.39 is 5.97 Å². The first kappa shape index (κ1) is 17.8. The number of ether oxygens (including phenoxy) is 1. The first-order valence-electron chi connectivity index (χ1n) is 8.57. The minimum absolute atomic E-state index is 0.224. The average Bonchev–Trinajstić information content (AvgIpc) is 2.94. The van der Waals surface area contributed by atoms with Gasteiger partial charge in [0.25, 0.3) is 0 Å².